The molecule has 0 atom stereocenters. The molecule has 2 aromatic carbocycles. The lowest BCUT2D eigenvalue weighted by Gasteiger charge is -2.37. The topological polar surface area (TPSA) is 82.1 Å². The van der Waals surface area contributed by atoms with Crippen molar-refractivity contribution in [2.75, 3.05) is 18.1 Å². The van der Waals surface area contributed by atoms with E-state index in [9.17, 15) is 23.1 Å². The number of H-pyrrole nitrogens is 1. The Labute approximate surface area is 193 Å². The Bertz CT molecular complexity index is 1340. The standard InChI is InChI=1S/C25H21F3N4O2/c26-17-3-1-14(2-4-17)23-22(19-11-18(27)12-20(28)24(19)31-23)15-9-16(10-15)25(34)32(7-8-33)21-13-29-5-6-30-21/h1-6,11-13,15-16,31,33H,7-10H2/t15-,16-. The molecule has 174 valence electrons. The van der Waals surface area contributed by atoms with E-state index in [4.69, 9.17) is 0 Å². The number of rotatable bonds is 6. The normalized spacial score (nSPS) is 17.5. The minimum atomic E-state index is -0.715. The number of aliphatic hydroxyl groups is 1. The Morgan fingerprint density at radius 1 is 1.09 bits per heavy atom. The van der Waals surface area contributed by atoms with Gasteiger partial charge in [0.2, 0.25) is 5.91 Å². The summed E-state index contributed by atoms with van der Waals surface area (Å²) in [5.74, 6) is -2.13. The van der Waals surface area contributed by atoms with E-state index in [2.05, 4.69) is 15.0 Å². The lowest BCUT2D eigenvalue weighted by molar-refractivity contribution is -0.125. The maximum Gasteiger partial charge on any atom is 0.231 e. The predicted octanol–water partition coefficient (Wildman–Crippen LogP) is 4.56. The number of benzene rings is 2. The third-order valence-electron chi connectivity index (χ3n) is 6.31. The molecule has 0 bridgehead atoms. The fourth-order valence-electron chi connectivity index (χ4n) is 4.65. The number of amides is 1. The van der Waals surface area contributed by atoms with Crippen molar-refractivity contribution in [1.82, 2.24) is 15.0 Å². The van der Waals surface area contributed by atoms with Crippen LogP contribution in [0.25, 0.3) is 22.2 Å². The number of halogens is 3. The molecule has 2 heterocycles. The molecule has 1 saturated carbocycles. The fraction of sp³-hybridized carbons (Fsp3) is 0.240. The summed E-state index contributed by atoms with van der Waals surface area (Å²) in [6.45, 7) is -0.142. The van der Waals surface area contributed by atoms with Gasteiger partial charge in [-0.3, -0.25) is 14.7 Å². The number of carbonyl (C=O) groups excluding carboxylic acids is 1. The Balaban J connectivity index is 1.48. The van der Waals surface area contributed by atoms with E-state index in [1.165, 1.54) is 41.7 Å². The van der Waals surface area contributed by atoms with Gasteiger partial charge in [0, 0.05) is 29.8 Å². The summed E-state index contributed by atoms with van der Waals surface area (Å²) in [5, 5.41) is 9.84. The Hall–Kier alpha value is -3.72. The van der Waals surface area contributed by atoms with Crippen LogP contribution >= 0.6 is 0 Å². The van der Waals surface area contributed by atoms with Crippen molar-refractivity contribution >= 4 is 22.6 Å². The highest BCUT2D eigenvalue weighted by Crippen LogP contribution is 2.49. The number of fused-ring (bicyclic) bond motifs is 1. The molecular weight excluding hydrogens is 445 g/mol. The molecule has 6 nitrogen and oxygen atoms in total. The number of hydrogen-bond donors (Lipinski definition) is 2. The van der Waals surface area contributed by atoms with Crippen molar-refractivity contribution in [3.8, 4) is 11.3 Å². The monoisotopic (exact) mass is 466 g/mol. The highest BCUT2D eigenvalue weighted by molar-refractivity contribution is 5.96. The first kappa shape index (κ1) is 22.1. The van der Waals surface area contributed by atoms with Crippen molar-refractivity contribution in [1.29, 1.82) is 0 Å². The quantitative estimate of drug-likeness (QED) is 0.437. The van der Waals surface area contributed by atoms with Crippen LogP contribution in [0.4, 0.5) is 19.0 Å². The highest BCUT2D eigenvalue weighted by atomic mass is 19.1. The summed E-state index contributed by atoms with van der Waals surface area (Å²) >= 11 is 0. The molecule has 34 heavy (non-hydrogen) atoms. The van der Waals surface area contributed by atoms with Gasteiger partial charge < -0.3 is 10.1 Å². The molecule has 2 N–H and O–H groups in total. The third kappa shape index (κ3) is 3.92. The Morgan fingerprint density at radius 3 is 2.53 bits per heavy atom. The van der Waals surface area contributed by atoms with Crippen molar-refractivity contribution in [2.45, 2.75) is 18.8 Å². The third-order valence-corrected chi connectivity index (χ3v) is 6.31. The molecule has 1 aliphatic rings. The molecule has 1 amide bonds. The minimum absolute atomic E-state index is 0.0863. The van der Waals surface area contributed by atoms with Gasteiger partial charge in [0.25, 0.3) is 0 Å². The lowest BCUT2D eigenvalue weighted by Crippen LogP contribution is -2.43. The van der Waals surface area contributed by atoms with Gasteiger partial charge in [-0.25, -0.2) is 18.2 Å². The molecule has 0 radical (unpaired) electrons. The van der Waals surface area contributed by atoms with Crippen molar-refractivity contribution in [3.63, 3.8) is 0 Å². The second-order valence-electron chi connectivity index (χ2n) is 8.37. The van der Waals surface area contributed by atoms with Crippen LogP contribution < -0.4 is 4.90 Å². The van der Waals surface area contributed by atoms with Crippen LogP contribution in [0.3, 0.4) is 0 Å². The van der Waals surface area contributed by atoms with Gasteiger partial charge in [0.1, 0.15) is 17.5 Å². The van der Waals surface area contributed by atoms with Gasteiger partial charge in [-0.15, -0.1) is 0 Å². The van der Waals surface area contributed by atoms with E-state index in [1.54, 1.807) is 12.1 Å². The first-order valence-electron chi connectivity index (χ1n) is 10.9. The molecule has 9 heteroatoms. The van der Waals surface area contributed by atoms with Crippen molar-refractivity contribution in [2.24, 2.45) is 5.92 Å². The van der Waals surface area contributed by atoms with Crippen LogP contribution in [0.15, 0.2) is 55.0 Å². The predicted molar refractivity (Wildman–Crippen MR) is 121 cm³/mol. The molecule has 5 rings (SSSR count). The highest BCUT2D eigenvalue weighted by Gasteiger charge is 2.40. The molecule has 0 spiro atoms. The van der Waals surface area contributed by atoms with Crippen molar-refractivity contribution < 1.29 is 23.1 Å². The molecule has 0 saturated heterocycles. The minimum Gasteiger partial charge on any atom is -0.395 e. The van der Waals surface area contributed by atoms with Crippen LogP contribution in [-0.4, -0.2) is 39.1 Å². The van der Waals surface area contributed by atoms with Crippen LogP contribution in [0.1, 0.15) is 24.3 Å². The molecule has 2 aromatic heterocycles. The summed E-state index contributed by atoms with van der Waals surface area (Å²) in [6.07, 6.45) is 5.35. The number of anilines is 1. The van der Waals surface area contributed by atoms with E-state index in [-0.39, 0.29) is 36.4 Å². The number of aromatic nitrogens is 3. The Morgan fingerprint density at radius 2 is 1.85 bits per heavy atom. The van der Waals surface area contributed by atoms with E-state index in [0.717, 1.165) is 6.07 Å². The molecule has 1 aliphatic carbocycles. The first-order chi connectivity index (χ1) is 16.5. The fourth-order valence-corrected chi connectivity index (χ4v) is 4.65. The SMILES string of the molecule is O=C([C@H]1C[C@H](c2c(-c3ccc(F)cc3)[nH]c3c(F)cc(F)cc32)C1)N(CCO)c1cnccn1. The van der Waals surface area contributed by atoms with E-state index in [0.29, 0.717) is 40.9 Å². The van der Waals surface area contributed by atoms with Crippen molar-refractivity contribution in [3.05, 3.63) is 78.0 Å². The number of nitrogens with zero attached hydrogens (tertiary/aromatic N) is 3. The summed E-state index contributed by atoms with van der Waals surface area (Å²) in [4.78, 5) is 25.8. The zero-order chi connectivity index (χ0) is 23.8. The number of aromatic amines is 1. The summed E-state index contributed by atoms with van der Waals surface area (Å²) in [7, 11) is 0. The number of carbonyl (C=O) groups is 1. The smallest absolute Gasteiger partial charge is 0.231 e. The average molecular weight is 466 g/mol. The second-order valence-corrected chi connectivity index (χ2v) is 8.37. The number of aliphatic hydroxyl groups excluding tert-OH is 1. The zero-order valence-corrected chi connectivity index (χ0v) is 18.0. The van der Waals surface area contributed by atoms with Gasteiger partial charge in [-0.2, -0.15) is 0 Å². The largest absolute Gasteiger partial charge is 0.395 e. The molecule has 0 unspecified atom stereocenters. The van der Waals surface area contributed by atoms with E-state index in [1.807, 2.05) is 0 Å². The van der Waals surface area contributed by atoms with Gasteiger partial charge in [0.15, 0.2) is 5.82 Å². The Kier molecular flexibility index (Phi) is 5.79. The maximum atomic E-state index is 14.6. The zero-order valence-electron chi connectivity index (χ0n) is 18.0. The maximum absolute atomic E-state index is 14.6. The molecule has 4 aromatic rings. The lowest BCUT2D eigenvalue weighted by atomic mass is 9.69. The first-order valence-corrected chi connectivity index (χ1v) is 10.9. The average Bonchev–Trinajstić information content (AvgIpc) is 3.17. The van der Waals surface area contributed by atoms with Gasteiger partial charge in [-0.05, 0) is 60.2 Å². The number of nitrogens with one attached hydrogen (secondary N) is 1. The molecule has 1 fully saturated rings. The van der Waals surface area contributed by atoms with Crippen LogP contribution in [0.5, 0.6) is 0 Å². The molecular formula is C25H21F3N4O2. The van der Waals surface area contributed by atoms with Gasteiger partial charge in [-0.1, -0.05) is 0 Å². The summed E-state index contributed by atoms with van der Waals surface area (Å²) in [6, 6.07) is 7.87. The number of hydrogen-bond acceptors (Lipinski definition) is 4. The van der Waals surface area contributed by atoms with E-state index >= 15 is 0 Å². The van der Waals surface area contributed by atoms with Crippen LogP contribution in [0, 0.1) is 23.4 Å². The van der Waals surface area contributed by atoms with Gasteiger partial charge in [0.05, 0.1) is 30.6 Å². The summed E-state index contributed by atoms with van der Waals surface area (Å²) in [5.41, 5.74) is 2.10. The summed E-state index contributed by atoms with van der Waals surface area (Å²) < 4.78 is 42.2. The van der Waals surface area contributed by atoms with Crippen LogP contribution in [-0.2, 0) is 4.79 Å². The van der Waals surface area contributed by atoms with Gasteiger partial charge >= 0.3 is 0 Å². The van der Waals surface area contributed by atoms with Crippen LogP contribution in [0.2, 0.25) is 0 Å². The van der Waals surface area contributed by atoms with E-state index < -0.39 is 17.5 Å². The molecule has 0 aliphatic heterocycles. The second kappa shape index (κ2) is 8.90.